The Hall–Kier alpha value is -3.90. The van der Waals surface area contributed by atoms with Gasteiger partial charge in [-0.15, -0.1) is 0 Å². The lowest BCUT2D eigenvalue weighted by atomic mass is 9.98. The first kappa shape index (κ1) is 25.7. The van der Waals surface area contributed by atoms with Gasteiger partial charge in [-0.2, -0.15) is 5.26 Å². The van der Waals surface area contributed by atoms with Gasteiger partial charge in [0.15, 0.2) is 5.60 Å². The van der Waals surface area contributed by atoms with Crippen LogP contribution in [0.3, 0.4) is 0 Å². The highest BCUT2D eigenvalue weighted by atomic mass is 16.5. The van der Waals surface area contributed by atoms with Gasteiger partial charge in [0.05, 0.1) is 12.6 Å². The number of fused-ring (bicyclic) bond motifs is 3. The first-order valence-corrected chi connectivity index (χ1v) is 11.5. The molecule has 0 saturated carbocycles. The minimum atomic E-state index is -2.15. The minimum absolute atomic E-state index is 0.0797. The molecule has 0 aromatic heterocycles. The number of ether oxygens (including phenoxy) is 1. The molecular formula is C26H29N3O6. The molecule has 9 nitrogen and oxygen atoms in total. The van der Waals surface area contributed by atoms with Crippen molar-refractivity contribution in [2.24, 2.45) is 0 Å². The van der Waals surface area contributed by atoms with Crippen LogP contribution in [0.2, 0.25) is 0 Å². The van der Waals surface area contributed by atoms with Crippen LogP contribution in [0.4, 0.5) is 4.79 Å². The van der Waals surface area contributed by atoms with Crippen LogP contribution in [0.25, 0.3) is 11.1 Å². The molecule has 2 atom stereocenters. The van der Waals surface area contributed by atoms with Crippen molar-refractivity contribution in [1.29, 1.82) is 5.26 Å². The molecule has 9 heteroatoms. The lowest BCUT2D eigenvalue weighted by Gasteiger charge is -2.22. The molecule has 1 aliphatic rings. The Morgan fingerprint density at radius 1 is 1.09 bits per heavy atom. The number of carbonyl (C=O) groups excluding carboxylic acids is 2. The predicted molar refractivity (Wildman–Crippen MR) is 127 cm³/mol. The van der Waals surface area contributed by atoms with Crippen molar-refractivity contribution in [3.63, 3.8) is 0 Å². The lowest BCUT2D eigenvalue weighted by Crippen LogP contribution is -2.52. The van der Waals surface area contributed by atoms with Crippen molar-refractivity contribution >= 4 is 18.0 Å². The smallest absolute Gasteiger partial charge is 0.407 e. The summed E-state index contributed by atoms with van der Waals surface area (Å²) < 4.78 is 5.51. The highest BCUT2D eigenvalue weighted by molar-refractivity contribution is 5.86. The number of nitrogens with one attached hydrogen (secondary N) is 2. The fourth-order valence-electron chi connectivity index (χ4n) is 4.06. The Bertz CT molecular complexity index is 1080. The number of aliphatic hydroxyl groups is 1. The lowest BCUT2D eigenvalue weighted by molar-refractivity contribution is -0.156. The van der Waals surface area contributed by atoms with Crippen molar-refractivity contribution in [3.05, 3.63) is 59.7 Å². The van der Waals surface area contributed by atoms with Gasteiger partial charge < -0.3 is 25.6 Å². The van der Waals surface area contributed by atoms with E-state index < -0.39 is 36.2 Å². The van der Waals surface area contributed by atoms with E-state index in [2.05, 4.69) is 10.6 Å². The molecule has 0 aliphatic heterocycles. The first-order valence-electron chi connectivity index (χ1n) is 11.5. The Labute approximate surface area is 203 Å². The molecule has 0 spiro atoms. The quantitative estimate of drug-likeness (QED) is 0.362. The topological polar surface area (TPSA) is 149 Å². The van der Waals surface area contributed by atoms with Gasteiger partial charge in [0, 0.05) is 12.3 Å². The second kappa shape index (κ2) is 11.5. The van der Waals surface area contributed by atoms with Crippen LogP contribution < -0.4 is 10.6 Å². The summed E-state index contributed by atoms with van der Waals surface area (Å²) in [4.78, 5) is 36.4. The van der Waals surface area contributed by atoms with Crippen LogP contribution in [0, 0.1) is 11.3 Å². The molecule has 1 aliphatic carbocycles. The zero-order valence-electron chi connectivity index (χ0n) is 19.5. The number of aliphatic carboxylic acids is 1. The average Bonchev–Trinajstić information content (AvgIpc) is 3.17. The first-order chi connectivity index (χ1) is 16.7. The average molecular weight is 480 g/mol. The molecule has 2 aromatic rings. The number of alkyl carbamates (subject to hydrolysis) is 1. The third kappa shape index (κ3) is 6.37. The summed E-state index contributed by atoms with van der Waals surface area (Å²) in [5.41, 5.74) is 2.16. The highest BCUT2D eigenvalue weighted by Gasteiger charge is 2.32. The van der Waals surface area contributed by atoms with Gasteiger partial charge >= 0.3 is 12.1 Å². The Morgan fingerprint density at radius 2 is 1.69 bits per heavy atom. The summed E-state index contributed by atoms with van der Waals surface area (Å²) in [5.74, 6) is -2.26. The van der Waals surface area contributed by atoms with Crippen molar-refractivity contribution in [3.8, 4) is 17.2 Å². The van der Waals surface area contributed by atoms with E-state index in [1.807, 2.05) is 54.6 Å². The Kier molecular flexibility index (Phi) is 8.44. The molecule has 0 radical (unpaired) electrons. The van der Waals surface area contributed by atoms with Crippen LogP contribution in [0.1, 0.15) is 49.7 Å². The van der Waals surface area contributed by atoms with Gasteiger partial charge in [-0.3, -0.25) is 4.79 Å². The van der Waals surface area contributed by atoms with Crippen LogP contribution >= 0.6 is 0 Å². The fraction of sp³-hybridized carbons (Fsp3) is 0.385. The van der Waals surface area contributed by atoms with Gasteiger partial charge in [-0.1, -0.05) is 48.5 Å². The number of carbonyl (C=O) groups is 3. The molecule has 2 aromatic carbocycles. The van der Waals surface area contributed by atoms with Crippen molar-refractivity contribution in [2.45, 2.75) is 50.2 Å². The second-order valence-electron chi connectivity index (χ2n) is 8.72. The van der Waals surface area contributed by atoms with Crippen LogP contribution in [-0.2, 0) is 14.3 Å². The summed E-state index contributed by atoms with van der Waals surface area (Å²) in [6.07, 6.45) is 0.793. The minimum Gasteiger partial charge on any atom is -0.479 e. The molecule has 2 amide bonds. The summed E-state index contributed by atoms with van der Waals surface area (Å²) in [7, 11) is 0. The van der Waals surface area contributed by atoms with Gasteiger partial charge in [0.1, 0.15) is 12.6 Å². The molecule has 4 N–H and O–H groups in total. The highest BCUT2D eigenvalue weighted by Crippen LogP contribution is 2.44. The Morgan fingerprint density at radius 3 is 2.26 bits per heavy atom. The van der Waals surface area contributed by atoms with E-state index in [1.54, 1.807) is 0 Å². The third-order valence-electron chi connectivity index (χ3n) is 6.05. The van der Waals surface area contributed by atoms with Gasteiger partial charge in [0.2, 0.25) is 5.91 Å². The Balaban J connectivity index is 1.63. The van der Waals surface area contributed by atoms with Gasteiger partial charge in [-0.25, -0.2) is 9.59 Å². The maximum atomic E-state index is 12.6. The molecular weight excluding hydrogens is 450 g/mol. The maximum Gasteiger partial charge on any atom is 0.407 e. The third-order valence-corrected chi connectivity index (χ3v) is 6.05. The SMILES string of the molecule is CC(O)(CNC(=O)C(CCCCC#N)NC(=O)OCC1c2ccccc2-c2ccccc21)C(=O)O. The molecule has 35 heavy (non-hydrogen) atoms. The number of hydrogen-bond acceptors (Lipinski definition) is 6. The number of hydrogen-bond donors (Lipinski definition) is 4. The number of amides is 2. The van der Waals surface area contributed by atoms with E-state index in [4.69, 9.17) is 15.1 Å². The summed E-state index contributed by atoms with van der Waals surface area (Å²) >= 11 is 0. The molecule has 0 bridgehead atoms. The number of benzene rings is 2. The van der Waals surface area contributed by atoms with E-state index in [-0.39, 0.29) is 18.9 Å². The molecule has 3 rings (SSSR count). The van der Waals surface area contributed by atoms with E-state index in [0.717, 1.165) is 29.2 Å². The number of carboxylic acid groups (broad SMARTS) is 1. The van der Waals surface area contributed by atoms with Crippen molar-refractivity contribution in [2.75, 3.05) is 13.2 Å². The fourth-order valence-corrected chi connectivity index (χ4v) is 4.06. The molecule has 2 unspecified atom stereocenters. The monoisotopic (exact) mass is 479 g/mol. The largest absolute Gasteiger partial charge is 0.479 e. The number of nitrogens with zero attached hydrogens (tertiary/aromatic N) is 1. The summed E-state index contributed by atoms with van der Waals surface area (Å²) in [6.45, 7) is 0.620. The normalized spacial score (nSPS) is 14.5. The maximum absolute atomic E-state index is 12.6. The van der Waals surface area contributed by atoms with Crippen LogP contribution in [-0.4, -0.2) is 53.0 Å². The van der Waals surface area contributed by atoms with Crippen molar-refractivity contribution < 1.29 is 29.3 Å². The van der Waals surface area contributed by atoms with Gasteiger partial charge in [-0.05, 0) is 48.4 Å². The zero-order valence-corrected chi connectivity index (χ0v) is 19.5. The number of nitriles is 1. The molecule has 0 fully saturated rings. The van der Waals surface area contributed by atoms with E-state index >= 15 is 0 Å². The van der Waals surface area contributed by atoms with Gasteiger partial charge in [0.25, 0.3) is 0 Å². The van der Waals surface area contributed by atoms with Crippen LogP contribution in [0.5, 0.6) is 0 Å². The zero-order chi connectivity index (χ0) is 25.4. The second-order valence-corrected chi connectivity index (χ2v) is 8.72. The van der Waals surface area contributed by atoms with E-state index in [1.165, 1.54) is 0 Å². The molecule has 0 heterocycles. The van der Waals surface area contributed by atoms with Crippen LogP contribution in [0.15, 0.2) is 48.5 Å². The number of unbranched alkanes of at least 4 members (excludes halogenated alkanes) is 2. The molecule has 184 valence electrons. The van der Waals surface area contributed by atoms with E-state index in [9.17, 15) is 19.5 Å². The predicted octanol–water partition coefficient (Wildman–Crippen LogP) is 2.93. The van der Waals surface area contributed by atoms with E-state index in [0.29, 0.717) is 19.3 Å². The summed E-state index contributed by atoms with van der Waals surface area (Å²) in [5, 5.41) is 32.5. The summed E-state index contributed by atoms with van der Waals surface area (Å²) in [6, 6.07) is 16.9. The number of rotatable bonds is 11. The standard InChI is InChI=1S/C26H29N3O6/c1-26(34,24(31)32)16-28-23(30)22(13-3-2-8-14-27)29-25(33)35-15-21-19-11-6-4-9-17(19)18-10-5-7-12-20(18)21/h4-7,9-12,21-22,34H,2-3,8,13,15-16H2,1H3,(H,28,30)(H,29,33)(H,31,32). The molecule has 0 saturated heterocycles. The van der Waals surface area contributed by atoms with Crippen molar-refractivity contribution in [1.82, 2.24) is 10.6 Å². The number of carboxylic acids is 1.